The molecule has 1 unspecified atom stereocenters. The van der Waals surface area contributed by atoms with E-state index in [2.05, 4.69) is 41.5 Å². The standard InChI is InChI=1S/C16H30O2/c1-12(2)11-16(6,15(3,4)5)14(17)18-13-9-7-8-10-13/h12-13H,7-11H2,1-6H3. The van der Waals surface area contributed by atoms with Crippen LogP contribution < -0.4 is 0 Å². The van der Waals surface area contributed by atoms with Crippen LogP contribution in [0.5, 0.6) is 0 Å². The van der Waals surface area contributed by atoms with E-state index in [0.717, 1.165) is 19.3 Å². The number of carbonyl (C=O) groups excluding carboxylic acids is 1. The third kappa shape index (κ3) is 3.49. The van der Waals surface area contributed by atoms with E-state index in [1.807, 2.05) is 0 Å². The molecule has 0 N–H and O–H groups in total. The summed E-state index contributed by atoms with van der Waals surface area (Å²) < 4.78 is 5.76. The molecule has 1 atom stereocenters. The summed E-state index contributed by atoms with van der Waals surface area (Å²) in [7, 11) is 0. The zero-order valence-electron chi connectivity index (χ0n) is 13.0. The van der Waals surface area contributed by atoms with Gasteiger partial charge in [0.2, 0.25) is 0 Å². The van der Waals surface area contributed by atoms with Crippen LogP contribution in [-0.4, -0.2) is 12.1 Å². The van der Waals surface area contributed by atoms with Gasteiger partial charge in [0.05, 0.1) is 5.41 Å². The summed E-state index contributed by atoms with van der Waals surface area (Å²) in [5.41, 5.74) is -0.448. The van der Waals surface area contributed by atoms with E-state index in [9.17, 15) is 4.79 Å². The Bertz CT molecular complexity index is 282. The van der Waals surface area contributed by atoms with Crippen LogP contribution in [0.3, 0.4) is 0 Å². The van der Waals surface area contributed by atoms with E-state index in [-0.39, 0.29) is 22.9 Å². The van der Waals surface area contributed by atoms with Crippen LogP contribution >= 0.6 is 0 Å². The van der Waals surface area contributed by atoms with Crippen molar-refractivity contribution >= 4 is 5.97 Å². The molecule has 106 valence electrons. The molecule has 1 rings (SSSR count). The lowest BCUT2D eigenvalue weighted by atomic mass is 9.64. The van der Waals surface area contributed by atoms with E-state index >= 15 is 0 Å². The number of ether oxygens (including phenoxy) is 1. The third-order valence-corrected chi connectivity index (χ3v) is 4.50. The number of esters is 1. The summed E-state index contributed by atoms with van der Waals surface area (Å²) in [6.07, 6.45) is 5.57. The van der Waals surface area contributed by atoms with E-state index in [1.54, 1.807) is 0 Å². The minimum absolute atomic E-state index is 0.00981. The molecule has 0 aromatic rings. The van der Waals surface area contributed by atoms with Crippen molar-refractivity contribution in [1.82, 2.24) is 0 Å². The normalized spacial score (nSPS) is 21.1. The van der Waals surface area contributed by atoms with Gasteiger partial charge in [-0.05, 0) is 50.4 Å². The van der Waals surface area contributed by atoms with Gasteiger partial charge in [-0.2, -0.15) is 0 Å². The van der Waals surface area contributed by atoms with Crippen molar-refractivity contribution in [3.05, 3.63) is 0 Å². The topological polar surface area (TPSA) is 26.3 Å². The fourth-order valence-electron chi connectivity index (χ4n) is 2.80. The van der Waals surface area contributed by atoms with Gasteiger partial charge in [-0.25, -0.2) is 0 Å². The predicted octanol–water partition coefficient (Wildman–Crippen LogP) is 4.57. The van der Waals surface area contributed by atoms with E-state index in [0.29, 0.717) is 5.92 Å². The maximum atomic E-state index is 12.6. The summed E-state index contributed by atoms with van der Waals surface area (Å²) >= 11 is 0. The van der Waals surface area contributed by atoms with Crippen LogP contribution in [0, 0.1) is 16.7 Å². The molecule has 1 aliphatic carbocycles. The monoisotopic (exact) mass is 254 g/mol. The molecule has 0 spiro atoms. The second-order valence-electron chi connectivity index (χ2n) is 7.49. The van der Waals surface area contributed by atoms with Gasteiger partial charge in [0.25, 0.3) is 0 Å². The first-order valence-corrected chi connectivity index (χ1v) is 7.38. The Labute approximate surface area is 112 Å². The molecule has 0 bridgehead atoms. The second-order valence-corrected chi connectivity index (χ2v) is 7.49. The molecule has 1 saturated carbocycles. The first-order chi connectivity index (χ1) is 8.17. The number of rotatable bonds is 4. The van der Waals surface area contributed by atoms with Gasteiger partial charge in [0.15, 0.2) is 0 Å². The van der Waals surface area contributed by atoms with Crippen molar-refractivity contribution in [2.45, 2.75) is 79.8 Å². The highest BCUT2D eigenvalue weighted by Crippen LogP contribution is 2.45. The van der Waals surface area contributed by atoms with Gasteiger partial charge in [-0.15, -0.1) is 0 Å². The summed E-state index contributed by atoms with van der Waals surface area (Å²) in [6, 6.07) is 0. The summed E-state index contributed by atoms with van der Waals surface area (Å²) in [5.74, 6) is 0.515. The van der Waals surface area contributed by atoms with Crippen LogP contribution in [0.15, 0.2) is 0 Å². The Hall–Kier alpha value is -0.530. The van der Waals surface area contributed by atoms with Crippen molar-refractivity contribution in [2.75, 3.05) is 0 Å². The highest BCUT2D eigenvalue weighted by atomic mass is 16.5. The SMILES string of the molecule is CC(C)CC(C)(C(=O)OC1CCCC1)C(C)(C)C. The lowest BCUT2D eigenvalue weighted by molar-refractivity contribution is -0.168. The molecule has 0 amide bonds. The van der Waals surface area contributed by atoms with Crippen LogP contribution in [0.25, 0.3) is 0 Å². The number of hydrogen-bond donors (Lipinski definition) is 0. The van der Waals surface area contributed by atoms with Gasteiger partial charge >= 0.3 is 5.97 Å². The van der Waals surface area contributed by atoms with Gasteiger partial charge in [0, 0.05) is 0 Å². The predicted molar refractivity (Wildman–Crippen MR) is 75.4 cm³/mol. The van der Waals surface area contributed by atoms with Crippen LogP contribution in [-0.2, 0) is 9.53 Å². The molecule has 0 radical (unpaired) electrons. The maximum absolute atomic E-state index is 12.6. The van der Waals surface area contributed by atoms with Gasteiger partial charge in [0.1, 0.15) is 6.10 Å². The van der Waals surface area contributed by atoms with Gasteiger partial charge in [-0.3, -0.25) is 4.79 Å². The molecule has 0 heterocycles. The lowest BCUT2D eigenvalue weighted by Gasteiger charge is -2.41. The fraction of sp³-hybridized carbons (Fsp3) is 0.938. The Kier molecular flexibility index (Phi) is 4.85. The molecule has 1 aliphatic rings. The molecule has 2 nitrogen and oxygen atoms in total. The van der Waals surface area contributed by atoms with Gasteiger partial charge in [-0.1, -0.05) is 34.6 Å². The zero-order chi connectivity index (χ0) is 14.0. The average Bonchev–Trinajstić information content (AvgIpc) is 2.67. The minimum Gasteiger partial charge on any atom is -0.462 e. The smallest absolute Gasteiger partial charge is 0.312 e. The maximum Gasteiger partial charge on any atom is 0.312 e. The summed E-state index contributed by atoms with van der Waals surface area (Å²) in [6.45, 7) is 12.9. The summed E-state index contributed by atoms with van der Waals surface area (Å²) in [5, 5.41) is 0. The van der Waals surface area contributed by atoms with Gasteiger partial charge < -0.3 is 4.74 Å². The molecular formula is C16H30O2. The Morgan fingerprint density at radius 1 is 1.17 bits per heavy atom. The second kappa shape index (κ2) is 5.63. The van der Waals surface area contributed by atoms with Crippen molar-refractivity contribution < 1.29 is 9.53 Å². The number of carbonyl (C=O) groups is 1. The van der Waals surface area contributed by atoms with Crippen molar-refractivity contribution in [3.8, 4) is 0 Å². The lowest BCUT2D eigenvalue weighted by Crippen LogP contribution is -2.43. The zero-order valence-corrected chi connectivity index (χ0v) is 13.0. The first-order valence-electron chi connectivity index (χ1n) is 7.38. The van der Waals surface area contributed by atoms with E-state index in [1.165, 1.54) is 12.8 Å². The Morgan fingerprint density at radius 2 is 1.67 bits per heavy atom. The Morgan fingerprint density at radius 3 is 2.06 bits per heavy atom. The Balaban J connectivity index is 2.78. The molecule has 0 aromatic carbocycles. The fourth-order valence-corrected chi connectivity index (χ4v) is 2.80. The largest absolute Gasteiger partial charge is 0.462 e. The molecule has 0 aliphatic heterocycles. The van der Waals surface area contributed by atoms with Crippen molar-refractivity contribution in [1.29, 1.82) is 0 Å². The third-order valence-electron chi connectivity index (χ3n) is 4.50. The molecular weight excluding hydrogens is 224 g/mol. The molecule has 2 heteroatoms. The highest BCUT2D eigenvalue weighted by Gasteiger charge is 2.46. The minimum atomic E-state index is -0.385. The van der Waals surface area contributed by atoms with E-state index in [4.69, 9.17) is 4.74 Å². The molecule has 1 fully saturated rings. The summed E-state index contributed by atoms with van der Waals surface area (Å²) in [4.78, 5) is 12.6. The van der Waals surface area contributed by atoms with E-state index < -0.39 is 0 Å². The quantitative estimate of drug-likeness (QED) is 0.687. The van der Waals surface area contributed by atoms with Crippen LogP contribution in [0.2, 0.25) is 0 Å². The molecule has 0 saturated heterocycles. The van der Waals surface area contributed by atoms with Crippen molar-refractivity contribution in [3.63, 3.8) is 0 Å². The van der Waals surface area contributed by atoms with Crippen molar-refractivity contribution in [2.24, 2.45) is 16.7 Å². The molecule has 0 aromatic heterocycles. The highest BCUT2D eigenvalue weighted by molar-refractivity contribution is 5.77. The molecule has 18 heavy (non-hydrogen) atoms. The first kappa shape index (κ1) is 15.5. The number of hydrogen-bond acceptors (Lipinski definition) is 2. The van der Waals surface area contributed by atoms with Crippen LogP contribution in [0.1, 0.15) is 73.6 Å². The van der Waals surface area contributed by atoms with Crippen LogP contribution in [0.4, 0.5) is 0 Å². The average molecular weight is 254 g/mol.